The van der Waals surface area contributed by atoms with Gasteiger partial charge in [-0.1, -0.05) is 0 Å². The summed E-state index contributed by atoms with van der Waals surface area (Å²) >= 11 is 0. The summed E-state index contributed by atoms with van der Waals surface area (Å²) in [6.07, 6.45) is 3.32. The fourth-order valence-corrected chi connectivity index (χ4v) is 2.02. The predicted molar refractivity (Wildman–Crippen MR) is 67.8 cm³/mol. The van der Waals surface area contributed by atoms with E-state index in [1.165, 1.54) is 0 Å². The Balaban J connectivity index is 2.10. The second-order valence-electron chi connectivity index (χ2n) is 4.44. The minimum atomic E-state index is 0.120. The largest absolute Gasteiger partial charge is 0.378 e. The standard InChI is InChI=1S/C12H25N3O2/c1-2-14-12(16)10-15-7-4-11(5-8-15)17-9-3-6-13/h11H,2-10,13H2,1H3,(H,14,16). The minimum absolute atomic E-state index is 0.120. The fraction of sp³-hybridized carbons (Fsp3) is 0.917. The average Bonchev–Trinajstić information content (AvgIpc) is 2.32. The molecule has 1 fully saturated rings. The van der Waals surface area contributed by atoms with Gasteiger partial charge in [0.25, 0.3) is 0 Å². The van der Waals surface area contributed by atoms with Crippen LogP contribution < -0.4 is 11.1 Å². The number of nitrogens with zero attached hydrogens (tertiary/aromatic N) is 1. The number of nitrogens with one attached hydrogen (secondary N) is 1. The highest BCUT2D eigenvalue weighted by Gasteiger charge is 2.20. The molecule has 0 aliphatic carbocycles. The number of hydrogen-bond acceptors (Lipinski definition) is 4. The molecule has 1 rings (SSSR count). The molecule has 0 spiro atoms. The Bertz CT molecular complexity index is 216. The summed E-state index contributed by atoms with van der Waals surface area (Å²) in [5.41, 5.74) is 5.42. The maximum absolute atomic E-state index is 11.4. The summed E-state index contributed by atoms with van der Waals surface area (Å²) in [6, 6.07) is 0. The van der Waals surface area contributed by atoms with Gasteiger partial charge in [0, 0.05) is 26.2 Å². The molecule has 0 bridgehead atoms. The van der Waals surface area contributed by atoms with Crippen LogP contribution in [0.3, 0.4) is 0 Å². The van der Waals surface area contributed by atoms with Gasteiger partial charge in [-0.05, 0) is 32.7 Å². The molecule has 1 aliphatic rings. The molecule has 1 aliphatic heterocycles. The molecule has 0 unspecified atom stereocenters. The summed E-state index contributed by atoms with van der Waals surface area (Å²) in [5, 5.41) is 2.82. The molecule has 5 heteroatoms. The number of likely N-dealkylation sites (N-methyl/N-ethyl adjacent to an activating group) is 1. The molecule has 1 saturated heterocycles. The number of ether oxygens (including phenoxy) is 1. The van der Waals surface area contributed by atoms with Crippen molar-refractivity contribution in [2.24, 2.45) is 5.73 Å². The van der Waals surface area contributed by atoms with Crippen LogP contribution in [-0.2, 0) is 9.53 Å². The maximum Gasteiger partial charge on any atom is 0.234 e. The summed E-state index contributed by atoms with van der Waals surface area (Å²) in [7, 11) is 0. The molecule has 3 N–H and O–H groups in total. The van der Waals surface area contributed by atoms with Crippen LogP contribution in [0, 0.1) is 0 Å². The lowest BCUT2D eigenvalue weighted by Crippen LogP contribution is -2.43. The molecular weight excluding hydrogens is 218 g/mol. The SMILES string of the molecule is CCNC(=O)CN1CCC(OCCCN)CC1. The van der Waals surface area contributed by atoms with Crippen LogP contribution in [0.4, 0.5) is 0 Å². The molecule has 100 valence electrons. The second-order valence-corrected chi connectivity index (χ2v) is 4.44. The van der Waals surface area contributed by atoms with Gasteiger partial charge >= 0.3 is 0 Å². The normalized spacial score (nSPS) is 18.2. The van der Waals surface area contributed by atoms with Crippen LogP contribution in [0.15, 0.2) is 0 Å². The van der Waals surface area contributed by atoms with Gasteiger partial charge in [0.1, 0.15) is 0 Å². The van der Waals surface area contributed by atoms with E-state index in [0.29, 0.717) is 25.7 Å². The Morgan fingerprint density at radius 1 is 1.47 bits per heavy atom. The summed E-state index contributed by atoms with van der Waals surface area (Å²) < 4.78 is 5.72. The number of rotatable bonds is 7. The molecule has 0 aromatic carbocycles. The smallest absolute Gasteiger partial charge is 0.234 e. The van der Waals surface area contributed by atoms with Crippen LogP contribution in [0.5, 0.6) is 0 Å². The fourth-order valence-electron chi connectivity index (χ4n) is 2.02. The lowest BCUT2D eigenvalue weighted by Gasteiger charge is -2.31. The van der Waals surface area contributed by atoms with Crippen molar-refractivity contribution in [3.8, 4) is 0 Å². The molecule has 1 amide bonds. The van der Waals surface area contributed by atoms with Crippen LogP contribution in [0.1, 0.15) is 26.2 Å². The van der Waals surface area contributed by atoms with Gasteiger partial charge in [-0.25, -0.2) is 0 Å². The van der Waals surface area contributed by atoms with Crippen LogP contribution >= 0.6 is 0 Å². The lowest BCUT2D eigenvalue weighted by molar-refractivity contribution is -0.122. The van der Waals surface area contributed by atoms with E-state index in [9.17, 15) is 4.79 Å². The van der Waals surface area contributed by atoms with Crippen molar-refractivity contribution in [2.45, 2.75) is 32.3 Å². The summed E-state index contributed by atoms with van der Waals surface area (Å²) in [5.74, 6) is 0.120. The zero-order chi connectivity index (χ0) is 12.5. The van der Waals surface area contributed by atoms with Crippen molar-refractivity contribution in [2.75, 3.05) is 39.3 Å². The summed E-state index contributed by atoms with van der Waals surface area (Å²) in [4.78, 5) is 13.6. The van der Waals surface area contributed by atoms with Crippen molar-refractivity contribution < 1.29 is 9.53 Å². The van der Waals surface area contributed by atoms with E-state index in [-0.39, 0.29) is 5.91 Å². The third-order valence-electron chi connectivity index (χ3n) is 2.98. The van der Waals surface area contributed by atoms with Gasteiger partial charge in [-0.2, -0.15) is 0 Å². The Kier molecular flexibility index (Phi) is 7.16. The highest BCUT2D eigenvalue weighted by molar-refractivity contribution is 5.77. The van der Waals surface area contributed by atoms with Gasteiger partial charge in [-0.3, -0.25) is 9.69 Å². The van der Waals surface area contributed by atoms with E-state index in [2.05, 4.69) is 10.2 Å². The number of hydrogen-bond donors (Lipinski definition) is 2. The second kappa shape index (κ2) is 8.44. The highest BCUT2D eigenvalue weighted by atomic mass is 16.5. The first-order valence-electron chi connectivity index (χ1n) is 6.57. The average molecular weight is 243 g/mol. The molecule has 0 saturated carbocycles. The Morgan fingerprint density at radius 2 is 2.18 bits per heavy atom. The third-order valence-corrected chi connectivity index (χ3v) is 2.98. The number of piperidine rings is 1. The van der Waals surface area contributed by atoms with Crippen LogP contribution in [0.2, 0.25) is 0 Å². The van der Waals surface area contributed by atoms with Gasteiger partial charge in [-0.15, -0.1) is 0 Å². The molecule has 5 nitrogen and oxygen atoms in total. The van der Waals surface area contributed by atoms with Crippen molar-refractivity contribution in [1.29, 1.82) is 0 Å². The number of carbonyl (C=O) groups is 1. The topological polar surface area (TPSA) is 67.6 Å². The first kappa shape index (κ1) is 14.4. The maximum atomic E-state index is 11.4. The third kappa shape index (κ3) is 6.00. The molecule has 0 aromatic heterocycles. The van der Waals surface area contributed by atoms with Crippen LogP contribution in [-0.4, -0.2) is 56.2 Å². The van der Waals surface area contributed by atoms with Gasteiger partial charge in [0.2, 0.25) is 5.91 Å². The van der Waals surface area contributed by atoms with E-state index < -0.39 is 0 Å². The Morgan fingerprint density at radius 3 is 2.76 bits per heavy atom. The van der Waals surface area contributed by atoms with E-state index in [0.717, 1.165) is 39.0 Å². The van der Waals surface area contributed by atoms with E-state index in [4.69, 9.17) is 10.5 Å². The molecule has 0 radical (unpaired) electrons. The number of carbonyl (C=O) groups excluding carboxylic acids is 1. The molecule has 0 aromatic rings. The van der Waals surface area contributed by atoms with E-state index >= 15 is 0 Å². The van der Waals surface area contributed by atoms with E-state index in [1.54, 1.807) is 0 Å². The van der Waals surface area contributed by atoms with Gasteiger partial charge in [0.05, 0.1) is 12.6 Å². The minimum Gasteiger partial charge on any atom is -0.378 e. The first-order valence-corrected chi connectivity index (χ1v) is 6.57. The summed E-state index contributed by atoms with van der Waals surface area (Å²) in [6.45, 7) is 6.51. The molecular formula is C12H25N3O2. The number of likely N-dealkylation sites (tertiary alicyclic amines) is 1. The molecule has 1 heterocycles. The molecule has 0 atom stereocenters. The van der Waals surface area contributed by atoms with Crippen molar-refractivity contribution in [3.05, 3.63) is 0 Å². The van der Waals surface area contributed by atoms with Crippen molar-refractivity contribution in [3.63, 3.8) is 0 Å². The van der Waals surface area contributed by atoms with Crippen molar-refractivity contribution >= 4 is 5.91 Å². The van der Waals surface area contributed by atoms with Crippen molar-refractivity contribution in [1.82, 2.24) is 10.2 Å². The van der Waals surface area contributed by atoms with E-state index in [1.807, 2.05) is 6.92 Å². The first-order chi connectivity index (χ1) is 8.26. The van der Waals surface area contributed by atoms with Crippen LogP contribution in [0.25, 0.3) is 0 Å². The Hall–Kier alpha value is -0.650. The predicted octanol–water partition coefficient (Wildman–Crippen LogP) is -0.0477. The van der Waals surface area contributed by atoms with Gasteiger partial charge in [0.15, 0.2) is 0 Å². The lowest BCUT2D eigenvalue weighted by atomic mass is 10.1. The molecule has 17 heavy (non-hydrogen) atoms. The Labute approximate surface area is 104 Å². The van der Waals surface area contributed by atoms with Gasteiger partial charge < -0.3 is 15.8 Å². The number of amides is 1. The highest BCUT2D eigenvalue weighted by Crippen LogP contribution is 2.13. The quantitative estimate of drug-likeness (QED) is 0.615. The zero-order valence-corrected chi connectivity index (χ0v) is 10.8. The monoisotopic (exact) mass is 243 g/mol. The zero-order valence-electron chi connectivity index (χ0n) is 10.8. The number of nitrogens with two attached hydrogens (primary N) is 1.